The van der Waals surface area contributed by atoms with Crippen molar-refractivity contribution in [3.05, 3.63) is 65.3 Å². The molecule has 0 aliphatic carbocycles. The average Bonchev–Trinajstić information content (AvgIpc) is 2.88. The summed E-state index contributed by atoms with van der Waals surface area (Å²) in [5, 5.41) is 2.22. The lowest BCUT2D eigenvalue weighted by Crippen LogP contribution is -1.82. The highest BCUT2D eigenvalue weighted by Gasteiger charge is 2.13. The number of halogens is 1. The Hall–Kier alpha value is -2.13. The predicted molar refractivity (Wildman–Crippen MR) is 84.7 cm³/mol. The van der Waals surface area contributed by atoms with E-state index in [0.717, 1.165) is 37.7 Å². The summed E-state index contributed by atoms with van der Waals surface area (Å²) in [6, 6.07) is 18.1. The Morgan fingerprint density at radius 2 is 1.80 bits per heavy atom. The fourth-order valence-electron chi connectivity index (χ4n) is 2.53. The van der Waals surface area contributed by atoms with E-state index in [1.54, 1.807) is 6.20 Å². The van der Waals surface area contributed by atoms with Crippen molar-refractivity contribution >= 4 is 37.9 Å². The number of aromatic nitrogens is 1. The van der Waals surface area contributed by atoms with Gasteiger partial charge in [-0.05, 0) is 30.3 Å². The molecule has 0 atom stereocenters. The summed E-state index contributed by atoms with van der Waals surface area (Å²) >= 11 is 3.60. The van der Waals surface area contributed by atoms with E-state index in [0.29, 0.717) is 0 Å². The van der Waals surface area contributed by atoms with Gasteiger partial charge in [0.2, 0.25) is 0 Å². The molecule has 0 amide bonds. The standard InChI is InChI=1S/C17H10BrNO/c18-13-7-4-9-15-16(13)12-6-3-5-11(17(12)20-15)14-8-1-2-10-19-14/h1-10H. The summed E-state index contributed by atoms with van der Waals surface area (Å²) in [5.41, 5.74) is 3.71. The molecule has 2 aromatic heterocycles. The number of fused-ring (bicyclic) bond motifs is 3. The van der Waals surface area contributed by atoms with E-state index in [9.17, 15) is 0 Å². The molecule has 0 radical (unpaired) electrons. The van der Waals surface area contributed by atoms with Crippen molar-refractivity contribution in [1.82, 2.24) is 4.98 Å². The van der Waals surface area contributed by atoms with Gasteiger partial charge in [0, 0.05) is 27.0 Å². The minimum atomic E-state index is 0.883. The number of hydrogen-bond donors (Lipinski definition) is 0. The second kappa shape index (κ2) is 4.46. The van der Waals surface area contributed by atoms with Crippen LogP contribution < -0.4 is 0 Å². The summed E-state index contributed by atoms with van der Waals surface area (Å²) in [7, 11) is 0. The number of benzene rings is 2. The van der Waals surface area contributed by atoms with Crippen molar-refractivity contribution in [2.24, 2.45) is 0 Å². The van der Waals surface area contributed by atoms with Crippen LogP contribution in [0.4, 0.5) is 0 Å². The highest BCUT2D eigenvalue weighted by Crippen LogP contribution is 2.38. The highest BCUT2D eigenvalue weighted by atomic mass is 79.9. The molecule has 20 heavy (non-hydrogen) atoms. The number of para-hydroxylation sites is 1. The van der Waals surface area contributed by atoms with Gasteiger partial charge in [-0.3, -0.25) is 4.98 Å². The van der Waals surface area contributed by atoms with E-state index in [2.05, 4.69) is 27.0 Å². The molecular formula is C17H10BrNO. The normalized spacial score (nSPS) is 11.2. The molecule has 3 heteroatoms. The highest BCUT2D eigenvalue weighted by molar-refractivity contribution is 9.10. The van der Waals surface area contributed by atoms with Gasteiger partial charge in [-0.2, -0.15) is 0 Å². The maximum atomic E-state index is 6.05. The zero-order chi connectivity index (χ0) is 13.5. The van der Waals surface area contributed by atoms with E-state index < -0.39 is 0 Å². The lowest BCUT2D eigenvalue weighted by atomic mass is 10.1. The van der Waals surface area contributed by atoms with Gasteiger partial charge in [-0.1, -0.05) is 40.2 Å². The van der Waals surface area contributed by atoms with Crippen molar-refractivity contribution in [3.63, 3.8) is 0 Å². The van der Waals surface area contributed by atoms with Crippen molar-refractivity contribution < 1.29 is 4.42 Å². The molecule has 0 aliphatic rings. The minimum Gasteiger partial charge on any atom is -0.455 e. The number of rotatable bonds is 1. The molecule has 0 saturated carbocycles. The number of pyridine rings is 1. The molecule has 4 rings (SSSR count). The lowest BCUT2D eigenvalue weighted by Gasteiger charge is -2.00. The summed E-state index contributed by atoms with van der Waals surface area (Å²) in [6.07, 6.45) is 1.80. The van der Waals surface area contributed by atoms with Crippen LogP contribution in [0, 0.1) is 0 Å². The first-order valence-electron chi connectivity index (χ1n) is 6.36. The van der Waals surface area contributed by atoms with Crippen LogP contribution in [0.2, 0.25) is 0 Å². The van der Waals surface area contributed by atoms with Crippen molar-refractivity contribution in [2.45, 2.75) is 0 Å². The molecule has 2 aromatic carbocycles. The van der Waals surface area contributed by atoms with Crippen molar-refractivity contribution in [1.29, 1.82) is 0 Å². The smallest absolute Gasteiger partial charge is 0.144 e. The Kier molecular flexibility index (Phi) is 2.60. The summed E-state index contributed by atoms with van der Waals surface area (Å²) in [4.78, 5) is 4.42. The molecule has 0 aliphatic heterocycles. The maximum Gasteiger partial charge on any atom is 0.144 e. The molecule has 4 aromatic rings. The third kappa shape index (κ3) is 1.67. The van der Waals surface area contributed by atoms with Gasteiger partial charge in [-0.15, -0.1) is 0 Å². The molecule has 0 N–H and O–H groups in total. The first-order chi connectivity index (χ1) is 9.84. The Morgan fingerprint density at radius 1 is 0.900 bits per heavy atom. The second-order valence-corrected chi connectivity index (χ2v) is 5.47. The van der Waals surface area contributed by atoms with Gasteiger partial charge in [-0.25, -0.2) is 0 Å². The number of nitrogens with zero attached hydrogens (tertiary/aromatic N) is 1. The third-order valence-electron chi connectivity index (χ3n) is 3.41. The van der Waals surface area contributed by atoms with Gasteiger partial charge in [0.15, 0.2) is 0 Å². The maximum absolute atomic E-state index is 6.05. The fraction of sp³-hybridized carbons (Fsp3) is 0. The zero-order valence-electron chi connectivity index (χ0n) is 10.5. The Labute approximate surface area is 124 Å². The van der Waals surface area contributed by atoms with Gasteiger partial charge in [0.1, 0.15) is 11.2 Å². The van der Waals surface area contributed by atoms with E-state index in [1.165, 1.54) is 0 Å². The topological polar surface area (TPSA) is 26.0 Å². The first-order valence-corrected chi connectivity index (χ1v) is 7.15. The van der Waals surface area contributed by atoms with Crippen LogP contribution in [0.25, 0.3) is 33.2 Å². The first kappa shape index (κ1) is 11.7. The van der Waals surface area contributed by atoms with Crippen LogP contribution in [0.3, 0.4) is 0 Å². The monoisotopic (exact) mass is 323 g/mol. The second-order valence-electron chi connectivity index (χ2n) is 4.61. The fourth-order valence-corrected chi connectivity index (χ4v) is 3.09. The van der Waals surface area contributed by atoms with Gasteiger partial charge >= 0.3 is 0 Å². The Bertz CT molecular complexity index is 912. The van der Waals surface area contributed by atoms with Crippen LogP contribution in [0.1, 0.15) is 0 Å². The quantitative estimate of drug-likeness (QED) is 0.468. The van der Waals surface area contributed by atoms with Gasteiger partial charge in [0.25, 0.3) is 0 Å². The summed E-state index contributed by atoms with van der Waals surface area (Å²) < 4.78 is 7.10. The van der Waals surface area contributed by atoms with Crippen molar-refractivity contribution in [3.8, 4) is 11.3 Å². The molecule has 0 spiro atoms. The van der Waals surface area contributed by atoms with Crippen LogP contribution in [0.15, 0.2) is 69.7 Å². The average molecular weight is 324 g/mol. The predicted octanol–water partition coefficient (Wildman–Crippen LogP) is 5.41. The third-order valence-corrected chi connectivity index (χ3v) is 4.07. The molecule has 0 fully saturated rings. The minimum absolute atomic E-state index is 0.883. The van der Waals surface area contributed by atoms with Crippen LogP contribution in [-0.2, 0) is 0 Å². The molecule has 0 saturated heterocycles. The Morgan fingerprint density at radius 3 is 2.65 bits per heavy atom. The number of furan rings is 1. The zero-order valence-corrected chi connectivity index (χ0v) is 12.1. The van der Waals surface area contributed by atoms with E-state index >= 15 is 0 Å². The number of hydrogen-bond acceptors (Lipinski definition) is 2. The molecule has 2 nitrogen and oxygen atoms in total. The molecule has 96 valence electrons. The van der Waals surface area contributed by atoms with Crippen LogP contribution >= 0.6 is 15.9 Å². The van der Waals surface area contributed by atoms with E-state index in [-0.39, 0.29) is 0 Å². The summed E-state index contributed by atoms with van der Waals surface area (Å²) in [6.45, 7) is 0. The summed E-state index contributed by atoms with van der Waals surface area (Å²) in [5.74, 6) is 0. The molecule has 0 bridgehead atoms. The Balaban J connectivity index is 2.14. The van der Waals surface area contributed by atoms with Crippen LogP contribution in [0.5, 0.6) is 0 Å². The van der Waals surface area contributed by atoms with E-state index in [1.807, 2.05) is 48.5 Å². The van der Waals surface area contributed by atoms with Crippen molar-refractivity contribution in [2.75, 3.05) is 0 Å². The largest absolute Gasteiger partial charge is 0.455 e. The van der Waals surface area contributed by atoms with Gasteiger partial charge < -0.3 is 4.42 Å². The molecule has 2 heterocycles. The van der Waals surface area contributed by atoms with E-state index in [4.69, 9.17) is 4.42 Å². The SMILES string of the molecule is Brc1cccc2oc3c(-c4ccccn4)cccc3c12. The lowest BCUT2D eigenvalue weighted by molar-refractivity contribution is 0.669. The van der Waals surface area contributed by atoms with Gasteiger partial charge in [0.05, 0.1) is 5.69 Å². The molecular weight excluding hydrogens is 314 g/mol. The van der Waals surface area contributed by atoms with Crippen LogP contribution in [-0.4, -0.2) is 4.98 Å². The molecule has 0 unspecified atom stereocenters.